The van der Waals surface area contributed by atoms with Gasteiger partial charge in [-0.15, -0.1) is 0 Å². The summed E-state index contributed by atoms with van der Waals surface area (Å²) in [4.78, 5) is 20.1. The van der Waals surface area contributed by atoms with Crippen LogP contribution in [0.5, 0.6) is 0 Å². The Balaban J connectivity index is 1.47. The first kappa shape index (κ1) is 19.3. The first-order valence-electron chi connectivity index (χ1n) is 10.4. The molecule has 1 aliphatic rings. The third-order valence-electron chi connectivity index (χ3n) is 5.34. The minimum absolute atomic E-state index is 0.339. The van der Waals surface area contributed by atoms with E-state index in [1.807, 2.05) is 47.1 Å². The Labute approximate surface area is 179 Å². The van der Waals surface area contributed by atoms with Crippen LogP contribution in [0, 0.1) is 0 Å². The summed E-state index contributed by atoms with van der Waals surface area (Å²) in [5, 5.41) is 16.6. The van der Waals surface area contributed by atoms with Crippen LogP contribution in [-0.4, -0.2) is 48.6 Å². The Kier molecular flexibility index (Phi) is 5.09. The van der Waals surface area contributed by atoms with E-state index in [0.29, 0.717) is 24.1 Å². The SMILES string of the molecule is CCc1ccnc(Nc2nc(Nc3ccn4ccnc4c3)cc(N3CCC(O)C3)n2)c1. The summed E-state index contributed by atoms with van der Waals surface area (Å²) in [6.07, 6.45) is 8.71. The molecule has 0 saturated carbocycles. The minimum atomic E-state index is -0.339. The lowest BCUT2D eigenvalue weighted by Gasteiger charge is -2.19. The molecular weight excluding hydrogens is 392 g/mol. The number of β-amino-alcohol motifs (C(OH)–C–C–N with tert-alkyl or cyclic N) is 1. The van der Waals surface area contributed by atoms with Crippen molar-refractivity contribution < 1.29 is 5.11 Å². The molecule has 0 bridgehead atoms. The van der Waals surface area contributed by atoms with Gasteiger partial charge in [0, 0.05) is 55.7 Å². The van der Waals surface area contributed by atoms with Crippen LogP contribution in [0.4, 0.5) is 29.1 Å². The average Bonchev–Trinajstić information content (AvgIpc) is 3.42. The highest BCUT2D eigenvalue weighted by Gasteiger charge is 2.22. The second kappa shape index (κ2) is 8.19. The van der Waals surface area contributed by atoms with Crippen molar-refractivity contribution in [3.63, 3.8) is 0 Å². The van der Waals surface area contributed by atoms with Crippen LogP contribution in [0.2, 0.25) is 0 Å². The van der Waals surface area contributed by atoms with Gasteiger partial charge >= 0.3 is 0 Å². The maximum absolute atomic E-state index is 9.97. The molecule has 0 aliphatic carbocycles. The quantitative estimate of drug-likeness (QED) is 0.440. The molecule has 1 aliphatic heterocycles. The maximum Gasteiger partial charge on any atom is 0.232 e. The van der Waals surface area contributed by atoms with Gasteiger partial charge in [0.15, 0.2) is 0 Å². The number of aliphatic hydroxyl groups is 1. The zero-order chi connectivity index (χ0) is 21.2. The number of anilines is 5. The minimum Gasteiger partial charge on any atom is -0.391 e. The first-order chi connectivity index (χ1) is 15.2. The summed E-state index contributed by atoms with van der Waals surface area (Å²) in [5.74, 6) is 2.55. The molecule has 9 nitrogen and oxygen atoms in total. The monoisotopic (exact) mass is 416 g/mol. The molecule has 1 atom stereocenters. The van der Waals surface area contributed by atoms with Crippen molar-refractivity contribution in [2.45, 2.75) is 25.9 Å². The molecular formula is C22H24N8O. The van der Waals surface area contributed by atoms with Crippen molar-refractivity contribution >= 4 is 34.7 Å². The lowest BCUT2D eigenvalue weighted by Crippen LogP contribution is -2.23. The van der Waals surface area contributed by atoms with Gasteiger partial charge in [-0.1, -0.05) is 6.92 Å². The Bertz CT molecular complexity index is 1210. The standard InChI is InChI=1S/C22H24N8O/c1-2-15-3-6-23-18(11-15)26-22-27-19(13-21(28-22)30-9-5-17(31)14-30)25-16-4-8-29-10-7-24-20(29)12-16/h3-4,6-8,10-13,17,31H,2,5,9,14H2,1H3,(H2,23,25,26,27,28). The first-order valence-corrected chi connectivity index (χ1v) is 10.4. The molecule has 9 heteroatoms. The van der Waals surface area contributed by atoms with Crippen LogP contribution in [0.1, 0.15) is 18.9 Å². The molecule has 0 spiro atoms. The van der Waals surface area contributed by atoms with E-state index in [1.165, 1.54) is 5.56 Å². The number of aromatic nitrogens is 5. The molecule has 31 heavy (non-hydrogen) atoms. The van der Waals surface area contributed by atoms with Gasteiger partial charge in [0.05, 0.1) is 6.10 Å². The van der Waals surface area contributed by atoms with Gasteiger partial charge in [-0.25, -0.2) is 9.97 Å². The molecule has 0 aromatic carbocycles. The van der Waals surface area contributed by atoms with Crippen molar-refractivity contribution in [1.82, 2.24) is 24.3 Å². The average molecular weight is 416 g/mol. The van der Waals surface area contributed by atoms with Crippen LogP contribution in [-0.2, 0) is 6.42 Å². The number of hydrogen-bond acceptors (Lipinski definition) is 8. The number of fused-ring (bicyclic) bond motifs is 1. The Morgan fingerprint density at radius 3 is 2.81 bits per heavy atom. The molecule has 4 aromatic heterocycles. The topological polar surface area (TPSA) is 104 Å². The van der Waals surface area contributed by atoms with Gasteiger partial charge in [-0.3, -0.25) is 0 Å². The maximum atomic E-state index is 9.97. The number of aliphatic hydroxyl groups excluding tert-OH is 1. The van der Waals surface area contributed by atoms with E-state index in [4.69, 9.17) is 0 Å². The molecule has 5 rings (SSSR count). The molecule has 4 aromatic rings. The normalized spacial score (nSPS) is 16.1. The van der Waals surface area contributed by atoms with E-state index in [-0.39, 0.29) is 6.10 Å². The van der Waals surface area contributed by atoms with Gasteiger partial charge in [0.25, 0.3) is 0 Å². The van der Waals surface area contributed by atoms with Crippen molar-refractivity contribution in [3.05, 3.63) is 60.7 Å². The largest absolute Gasteiger partial charge is 0.391 e. The molecule has 1 saturated heterocycles. The van der Waals surface area contributed by atoms with Gasteiger partial charge in [0.1, 0.15) is 23.1 Å². The van der Waals surface area contributed by atoms with Crippen LogP contribution in [0.15, 0.2) is 55.1 Å². The number of hydrogen-bond donors (Lipinski definition) is 3. The van der Waals surface area contributed by atoms with Gasteiger partial charge in [0.2, 0.25) is 5.95 Å². The zero-order valence-corrected chi connectivity index (χ0v) is 17.2. The number of pyridine rings is 2. The van der Waals surface area contributed by atoms with E-state index in [9.17, 15) is 5.11 Å². The van der Waals surface area contributed by atoms with E-state index in [2.05, 4.69) is 42.4 Å². The van der Waals surface area contributed by atoms with Gasteiger partial charge < -0.3 is 25.0 Å². The highest BCUT2D eigenvalue weighted by molar-refractivity contribution is 5.66. The van der Waals surface area contributed by atoms with Crippen molar-refractivity contribution in [1.29, 1.82) is 0 Å². The highest BCUT2D eigenvalue weighted by atomic mass is 16.3. The molecule has 1 fully saturated rings. The third kappa shape index (κ3) is 4.26. The van der Waals surface area contributed by atoms with E-state index >= 15 is 0 Å². The van der Waals surface area contributed by atoms with Crippen molar-refractivity contribution in [2.75, 3.05) is 28.6 Å². The predicted molar refractivity (Wildman–Crippen MR) is 120 cm³/mol. The van der Waals surface area contributed by atoms with Crippen LogP contribution < -0.4 is 15.5 Å². The van der Waals surface area contributed by atoms with Crippen LogP contribution in [0.3, 0.4) is 0 Å². The zero-order valence-electron chi connectivity index (χ0n) is 17.2. The molecule has 1 unspecified atom stereocenters. The van der Waals surface area contributed by atoms with Crippen molar-refractivity contribution in [3.8, 4) is 0 Å². The number of nitrogens with one attached hydrogen (secondary N) is 2. The number of imidazole rings is 1. The molecule has 158 valence electrons. The molecule has 0 amide bonds. The highest BCUT2D eigenvalue weighted by Crippen LogP contribution is 2.26. The molecule has 3 N–H and O–H groups in total. The molecule has 5 heterocycles. The Morgan fingerprint density at radius 1 is 1.03 bits per heavy atom. The summed E-state index contributed by atoms with van der Waals surface area (Å²) < 4.78 is 1.95. The smallest absolute Gasteiger partial charge is 0.232 e. The fourth-order valence-electron chi connectivity index (χ4n) is 3.68. The number of rotatable bonds is 6. The second-order valence-electron chi connectivity index (χ2n) is 7.58. The van der Waals surface area contributed by atoms with Gasteiger partial charge in [-0.2, -0.15) is 9.97 Å². The summed E-state index contributed by atoms with van der Waals surface area (Å²) in [7, 11) is 0. The fourth-order valence-corrected chi connectivity index (χ4v) is 3.68. The van der Waals surface area contributed by atoms with Crippen LogP contribution in [0.25, 0.3) is 5.65 Å². The summed E-state index contributed by atoms with van der Waals surface area (Å²) in [6.45, 7) is 3.41. The summed E-state index contributed by atoms with van der Waals surface area (Å²) >= 11 is 0. The second-order valence-corrected chi connectivity index (χ2v) is 7.58. The Hall–Kier alpha value is -3.72. The third-order valence-corrected chi connectivity index (χ3v) is 5.34. The summed E-state index contributed by atoms with van der Waals surface area (Å²) in [6, 6.07) is 9.81. The lowest BCUT2D eigenvalue weighted by atomic mass is 10.2. The Morgan fingerprint density at radius 2 is 1.97 bits per heavy atom. The fraction of sp³-hybridized carbons (Fsp3) is 0.273. The number of aryl methyl sites for hydroxylation is 1. The lowest BCUT2D eigenvalue weighted by molar-refractivity contribution is 0.198. The van der Waals surface area contributed by atoms with E-state index in [0.717, 1.165) is 36.5 Å². The number of nitrogens with zero attached hydrogens (tertiary/aromatic N) is 6. The van der Waals surface area contributed by atoms with Crippen molar-refractivity contribution in [2.24, 2.45) is 0 Å². The van der Waals surface area contributed by atoms with E-state index in [1.54, 1.807) is 12.4 Å². The van der Waals surface area contributed by atoms with Gasteiger partial charge in [-0.05, 0) is 36.6 Å². The summed E-state index contributed by atoms with van der Waals surface area (Å²) in [5.41, 5.74) is 2.91. The predicted octanol–water partition coefficient (Wildman–Crippen LogP) is 3.14. The van der Waals surface area contributed by atoms with E-state index < -0.39 is 0 Å². The van der Waals surface area contributed by atoms with Crippen LogP contribution >= 0.6 is 0 Å². The molecule has 0 radical (unpaired) electrons.